The molecule has 0 saturated heterocycles. The van der Waals surface area contributed by atoms with Crippen LogP contribution in [-0.2, 0) is 9.59 Å². The maximum atomic E-state index is 11.7. The molecule has 6 nitrogen and oxygen atoms in total. The predicted molar refractivity (Wildman–Crippen MR) is 58.7 cm³/mol. The minimum atomic E-state index is -1.33. The van der Waals surface area contributed by atoms with Gasteiger partial charge in [-0.05, 0) is 20.3 Å². The third-order valence-corrected chi connectivity index (χ3v) is 2.32. The first-order valence-electron chi connectivity index (χ1n) is 5.23. The van der Waals surface area contributed by atoms with Gasteiger partial charge in [-0.25, -0.2) is 4.79 Å². The first kappa shape index (κ1) is 14.9. The predicted octanol–water partition coefficient (Wildman–Crippen LogP) is -0.546. The summed E-state index contributed by atoms with van der Waals surface area (Å²) in [6.07, 6.45) is -0.00320. The Morgan fingerprint density at radius 3 is 2.31 bits per heavy atom. The Labute approximate surface area is 94.8 Å². The number of nitrogens with one attached hydrogen (secondary N) is 1. The lowest BCUT2D eigenvalue weighted by atomic mass is 9.96. The van der Waals surface area contributed by atoms with Crippen LogP contribution in [0.25, 0.3) is 0 Å². The van der Waals surface area contributed by atoms with Crippen molar-refractivity contribution in [3.8, 4) is 0 Å². The molecule has 1 amide bonds. The number of nitrogens with two attached hydrogens (primary N) is 1. The topological polar surface area (TPSA) is 113 Å². The number of carboxylic acid groups (broad SMARTS) is 1. The Bertz CT molecular complexity index is 264. The Hall–Kier alpha value is -1.14. The van der Waals surface area contributed by atoms with Crippen molar-refractivity contribution in [2.45, 2.75) is 51.3 Å². The van der Waals surface area contributed by atoms with Crippen molar-refractivity contribution in [3.63, 3.8) is 0 Å². The third kappa shape index (κ3) is 4.16. The first-order chi connectivity index (χ1) is 7.22. The molecule has 0 heterocycles. The second-order valence-corrected chi connectivity index (χ2v) is 4.20. The van der Waals surface area contributed by atoms with Gasteiger partial charge in [0.2, 0.25) is 5.91 Å². The van der Waals surface area contributed by atoms with E-state index in [1.807, 2.05) is 6.92 Å². The number of hydrogen-bond acceptors (Lipinski definition) is 4. The van der Waals surface area contributed by atoms with Crippen molar-refractivity contribution in [1.29, 1.82) is 0 Å². The van der Waals surface area contributed by atoms with Crippen LogP contribution in [0, 0.1) is 0 Å². The lowest BCUT2D eigenvalue weighted by Crippen LogP contribution is -2.58. The zero-order valence-electron chi connectivity index (χ0n) is 9.86. The van der Waals surface area contributed by atoms with Gasteiger partial charge in [-0.3, -0.25) is 4.79 Å². The maximum Gasteiger partial charge on any atom is 0.328 e. The van der Waals surface area contributed by atoms with E-state index >= 15 is 0 Å². The molecule has 1 unspecified atom stereocenters. The molecule has 94 valence electrons. The number of amides is 1. The van der Waals surface area contributed by atoms with Crippen molar-refractivity contribution in [3.05, 3.63) is 0 Å². The highest BCUT2D eigenvalue weighted by molar-refractivity contribution is 5.89. The molecule has 0 aliphatic heterocycles. The largest absolute Gasteiger partial charge is 0.480 e. The number of hydrogen-bond donors (Lipinski definition) is 4. The summed E-state index contributed by atoms with van der Waals surface area (Å²) in [6, 6.07) is -1.33. The fourth-order valence-corrected chi connectivity index (χ4v) is 1.33. The number of aliphatic hydroxyl groups is 1. The average molecular weight is 232 g/mol. The van der Waals surface area contributed by atoms with E-state index in [1.165, 1.54) is 13.8 Å². The summed E-state index contributed by atoms with van der Waals surface area (Å²) in [5.41, 5.74) is 4.62. The van der Waals surface area contributed by atoms with Crippen LogP contribution in [0.5, 0.6) is 0 Å². The molecule has 0 fully saturated rings. The lowest BCUT2D eigenvalue weighted by molar-refractivity contribution is -0.145. The van der Waals surface area contributed by atoms with E-state index in [0.717, 1.165) is 0 Å². The zero-order valence-corrected chi connectivity index (χ0v) is 9.86. The third-order valence-electron chi connectivity index (χ3n) is 2.32. The standard InChI is InChI=1S/C10H20N2O4/c1-4-5-10(3,11)9(16)12-7(6(2)13)8(14)15/h6-7,13H,4-5,11H2,1-3H3,(H,12,16)(H,14,15)/t6-,7+,10?/m1/s1. The van der Waals surface area contributed by atoms with Crippen LogP contribution in [0.15, 0.2) is 0 Å². The van der Waals surface area contributed by atoms with Crippen LogP contribution in [-0.4, -0.2) is 39.8 Å². The van der Waals surface area contributed by atoms with Gasteiger partial charge in [0, 0.05) is 0 Å². The summed E-state index contributed by atoms with van der Waals surface area (Å²) in [4.78, 5) is 22.4. The minimum Gasteiger partial charge on any atom is -0.480 e. The molecule has 0 saturated carbocycles. The smallest absolute Gasteiger partial charge is 0.328 e. The normalized spacial score (nSPS) is 18.3. The Kier molecular flexibility index (Phi) is 5.40. The molecule has 0 aromatic heterocycles. The highest BCUT2D eigenvalue weighted by Crippen LogP contribution is 2.09. The van der Waals surface area contributed by atoms with Gasteiger partial charge in [0.05, 0.1) is 11.6 Å². The summed E-state index contributed by atoms with van der Waals surface area (Å²) in [6.45, 7) is 4.71. The molecule has 0 aromatic carbocycles. The van der Waals surface area contributed by atoms with Gasteiger partial charge in [0.25, 0.3) is 0 Å². The molecule has 0 rings (SSSR count). The molecular formula is C10H20N2O4. The van der Waals surface area contributed by atoms with Crippen LogP contribution in [0.3, 0.4) is 0 Å². The van der Waals surface area contributed by atoms with Gasteiger partial charge in [0.15, 0.2) is 6.04 Å². The van der Waals surface area contributed by atoms with E-state index in [-0.39, 0.29) is 0 Å². The van der Waals surface area contributed by atoms with Crippen molar-refractivity contribution >= 4 is 11.9 Å². The lowest BCUT2D eigenvalue weighted by Gasteiger charge is -2.26. The summed E-state index contributed by atoms with van der Waals surface area (Å²) in [7, 11) is 0. The minimum absolute atomic E-state index is 0.449. The Morgan fingerprint density at radius 2 is 2.00 bits per heavy atom. The number of aliphatic carboxylic acids is 1. The second-order valence-electron chi connectivity index (χ2n) is 4.20. The van der Waals surface area contributed by atoms with Crippen LogP contribution < -0.4 is 11.1 Å². The van der Waals surface area contributed by atoms with Gasteiger partial charge in [-0.1, -0.05) is 13.3 Å². The van der Waals surface area contributed by atoms with Crippen molar-refractivity contribution in [2.24, 2.45) is 5.73 Å². The van der Waals surface area contributed by atoms with E-state index in [9.17, 15) is 14.7 Å². The molecule has 0 aliphatic rings. The van der Waals surface area contributed by atoms with Crippen LogP contribution in [0.1, 0.15) is 33.6 Å². The molecule has 0 aromatic rings. The Morgan fingerprint density at radius 1 is 1.50 bits per heavy atom. The zero-order chi connectivity index (χ0) is 12.9. The fraction of sp³-hybridized carbons (Fsp3) is 0.800. The monoisotopic (exact) mass is 232 g/mol. The number of carbonyl (C=O) groups excluding carboxylic acids is 1. The summed E-state index contributed by atoms with van der Waals surface area (Å²) in [5, 5.41) is 20.2. The van der Waals surface area contributed by atoms with Crippen LogP contribution >= 0.6 is 0 Å². The van der Waals surface area contributed by atoms with Gasteiger partial charge in [-0.2, -0.15) is 0 Å². The van der Waals surface area contributed by atoms with E-state index in [1.54, 1.807) is 0 Å². The van der Waals surface area contributed by atoms with E-state index < -0.39 is 29.6 Å². The van der Waals surface area contributed by atoms with Crippen LogP contribution in [0.4, 0.5) is 0 Å². The van der Waals surface area contributed by atoms with Gasteiger partial charge in [-0.15, -0.1) is 0 Å². The van der Waals surface area contributed by atoms with Crippen molar-refractivity contribution in [1.82, 2.24) is 5.32 Å². The Balaban J connectivity index is 4.58. The molecule has 16 heavy (non-hydrogen) atoms. The van der Waals surface area contributed by atoms with Crippen molar-refractivity contribution < 1.29 is 19.8 Å². The quantitative estimate of drug-likeness (QED) is 0.491. The number of aliphatic hydroxyl groups excluding tert-OH is 1. The number of carbonyl (C=O) groups is 2. The molecule has 6 heteroatoms. The fourth-order valence-electron chi connectivity index (χ4n) is 1.33. The molecule has 3 atom stereocenters. The highest BCUT2D eigenvalue weighted by Gasteiger charge is 2.32. The molecule has 5 N–H and O–H groups in total. The highest BCUT2D eigenvalue weighted by atomic mass is 16.4. The number of carboxylic acids is 1. The first-order valence-corrected chi connectivity index (χ1v) is 5.23. The maximum absolute atomic E-state index is 11.7. The van der Waals surface area contributed by atoms with Gasteiger partial charge < -0.3 is 21.3 Å². The molecule has 0 bridgehead atoms. The van der Waals surface area contributed by atoms with E-state index in [0.29, 0.717) is 12.8 Å². The van der Waals surface area contributed by atoms with E-state index in [4.69, 9.17) is 10.8 Å². The SMILES string of the molecule is CCCC(C)(N)C(=O)N[C@H](C(=O)O)[C@@H](C)O. The van der Waals surface area contributed by atoms with E-state index in [2.05, 4.69) is 5.32 Å². The molecular weight excluding hydrogens is 212 g/mol. The molecule has 0 spiro atoms. The summed E-state index contributed by atoms with van der Waals surface area (Å²) < 4.78 is 0. The summed E-state index contributed by atoms with van der Waals surface area (Å²) in [5.74, 6) is -1.85. The molecule has 0 radical (unpaired) electrons. The van der Waals surface area contributed by atoms with Gasteiger partial charge >= 0.3 is 5.97 Å². The average Bonchev–Trinajstić information content (AvgIpc) is 2.12. The molecule has 0 aliphatic carbocycles. The number of rotatable bonds is 6. The van der Waals surface area contributed by atoms with Crippen molar-refractivity contribution in [2.75, 3.05) is 0 Å². The summed E-state index contributed by atoms with van der Waals surface area (Å²) >= 11 is 0. The second kappa shape index (κ2) is 5.81. The van der Waals surface area contributed by atoms with Crippen LogP contribution in [0.2, 0.25) is 0 Å². The van der Waals surface area contributed by atoms with Gasteiger partial charge in [0.1, 0.15) is 0 Å².